The fraction of sp³-hybridized carbons (Fsp3) is 0.837. The van der Waals surface area contributed by atoms with E-state index in [9.17, 15) is 24.6 Å². The number of allylic oxidation sites excluding steroid dienone is 3. The fourth-order valence-electron chi connectivity index (χ4n) is 8.02. The molecule has 0 radical (unpaired) electrons. The van der Waals surface area contributed by atoms with Crippen LogP contribution >= 0.6 is 0 Å². The molecule has 3 aliphatic rings. The number of azide groups is 1. The van der Waals surface area contributed by atoms with E-state index in [2.05, 4.69) is 40.6 Å². The second kappa shape index (κ2) is 24.9. The molecule has 0 saturated carbocycles. The van der Waals surface area contributed by atoms with Gasteiger partial charge in [0, 0.05) is 43.8 Å². The van der Waals surface area contributed by atoms with Gasteiger partial charge < -0.3 is 35.1 Å². The van der Waals surface area contributed by atoms with E-state index in [1.807, 2.05) is 19.9 Å². The van der Waals surface area contributed by atoms with E-state index in [1.165, 1.54) is 0 Å². The maximum atomic E-state index is 12.9. The van der Waals surface area contributed by atoms with Gasteiger partial charge in [0.1, 0.15) is 0 Å². The minimum Gasteiger partial charge on any atom is -0.390 e. The summed E-state index contributed by atoms with van der Waals surface area (Å²) in [6, 6.07) is 0. The van der Waals surface area contributed by atoms with Gasteiger partial charge in [0.2, 0.25) is 11.8 Å². The highest BCUT2D eigenvalue weighted by molar-refractivity contribution is 5.90. The van der Waals surface area contributed by atoms with Crippen LogP contribution in [0.1, 0.15) is 144 Å². The molecule has 318 valence electrons. The SMILES string of the molecule is CC(=C[C@@H](C)CC[C@@H]1CCC[C@]2(CCC(C)[C@@H](CCCNC(=O)[C@@H](C)[C@@H](O)CNC(=O)CC3O[C@H](CC(=O)C=CCCCCN=[N+]=[N-])CCC3C)O2)O1)[C@H](C)O. The van der Waals surface area contributed by atoms with Gasteiger partial charge in [-0.1, -0.05) is 45.0 Å². The zero-order valence-electron chi connectivity index (χ0n) is 35.1. The van der Waals surface area contributed by atoms with Crippen LogP contribution in [-0.2, 0) is 28.6 Å². The van der Waals surface area contributed by atoms with E-state index >= 15 is 0 Å². The van der Waals surface area contributed by atoms with Crippen molar-refractivity contribution in [2.45, 2.75) is 187 Å². The smallest absolute Gasteiger partial charge is 0.225 e. The van der Waals surface area contributed by atoms with Crippen molar-refractivity contribution in [3.05, 3.63) is 34.2 Å². The normalized spacial score (nSPS) is 29.2. The third kappa shape index (κ3) is 17.0. The lowest BCUT2D eigenvalue weighted by molar-refractivity contribution is -0.324. The lowest BCUT2D eigenvalue weighted by Gasteiger charge is -2.48. The third-order valence-electron chi connectivity index (χ3n) is 12.1. The zero-order chi connectivity index (χ0) is 41.1. The maximum absolute atomic E-state index is 12.9. The average molecular weight is 788 g/mol. The number of hydrogen-bond donors (Lipinski definition) is 4. The van der Waals surface area contributed by atoms with Gasteiger partial charge in [0.15, 0.2) is 11.6 Å². The number of carbonyl (C=O) groups excluding carboxylic acids is 3. The van der Waals surface area contributed by atoms with Gasteiger partial charge in [-0.2, -0.15) is 0 Å². The molecule has 0 aromatic heterocycles. The van der Waals surface area contributed by atoms with Crippen LogP contribution in [0, 0.1) is 23.7 Å². The minimum atomic E-state index is -1.04. The summed E-state index contributed by atoms with van der Waals surface area (Å²) in [5.74, 6) is -0.837. The quantitative estimate of drug-likeness (QED) is 0.0206. The van der Waals surface area contributed by atoms with Crippen LogP contribution in [0.2, 0.25) is 0 Å². The number of hydrogen-bond acceptors (Lipinski definition) is 9. The van der Waals surface area contributed by atoms with E-state index in [0.717, 1.165) is 95.5 Å². The monoisotopic (exact) mass is 788 g/mol. The predicted octanol–water partition coefficient (Wildman–Crippen LogP) is 7.39. The molecule has 0 bridgehead atoms. The van der Waals surface area contributed by atoms with Crippen molar-refractivity contribution < 1.29 is 38.8 Å². The number of nitrogens with one attached hydrogen (secondary N) is 2. The number of amides is 2. The first kappa shape index (κ1) is 47.6. The molecule has 2 amide bonds. The van der Waals surface area contributed by atoms with Crippen molar-refractivity contribution in [3.63, 3.8) is 0 Å². The summed E-state index contributed by atoms with van der Waals surface area (Å²) in [5.41, 5.74) is 9.34. The largest absolute Gasteiger partial charge is 0.390 e. The Kier molecular flexibility index (Phi) is 21.1. The van der Waals surface area contributed by atoms with Crippen LogP contribution in [0.3, 0.4) is 0 Å². The average Bonchev–Trinajstić information content (AvgIpc) is 3.16. The third-order valence-corrected chi connectivity index (χ3v) is 12.1. The molecule has 0 aromatic rings. The van der Waals surface area contributed by atoms with E-state index in [4.69, 9.17) is 19.7 Å². The van der Waals surface area contributed by atoms with Crippen LogP contribution in [-0.4, -0.2) is 89.9 Å². The molecule has 11 atom stereocenters. The summed E-state index contributed by atoms with van der Waals surface area (Å²) < 4.78 is 19.6. The number of ether oxygens (including phenoxy) is 3. The molecule has 13 nitrogen and oxygen atoms in total. The Morgan fingerprint density at radius 3 is 2.45 bits per heavy atom. The molecule has 3 aliphatic heterocycles. The van der Waals surface area contributed by atoms with Gasteiger partial charge in [-0.15, -0.1) is 0 Å². The van der Waals surface area contributed by atoms with Crippen LogP contribution < -0.4 is 10.6 Å². The van der Waals surface area contributed by atoms with E-state index < -0.39 is 23.9 Å². The van der Waals surface area contributed by atoms with Crippen molar-refractivity contribution >= 4 is 17.6 Å². The Balaban J connectivity index is 1.33. The van der Waals surface area contributed by atoms with Gasteiger partial charge in [-0.05, 0) is 126 Å². The zero-order valence-corrected chi connectivity index (χ0v) is 35.1. The molecule has 3 unspecified atom stereocenters. The molecule has 56 heavy (non-hydrogen) atoms. The van der Waals surface area contributed by atoms with Crippen LogP contribution in [0.15, 0.2) is 28.9 Å². The first-order valence-electron chi connectivity index (χ1n) is 21.5. The highest BCUT2D eigenvalue weighted by Gasteiger charge is 2.44. The number of nitrogens with zero attached hydrogens (tertiary/aromatic N) is 3. The molecule has 3 rings (SSSR count). The molecular formula is C43H73N5O8. The fourth-order valence-corrected chi connectivity index (χ4v) is 8.02. The van der Waals surface area contributed by atoms with Crippen LogP contribution in [0.4, 0.5) is 0 Å². The van der Waals surface area contributed by atoms with Crippen LogP contribution in [0.5, 0.6) is 0 Å². The highest BCUT2D eigenvalue weighted by atomic mass is 16.7. The number of rotatable bonds is 23. The van der Waals surface area contributed by atoms with Crippen molar-refractivity contribution in [2.24, 2.45) is 28.8 Å². The van der Waals surface area contributed by atoms with Crippen molar-refractivity contribution in [1.82, 2.24) is 10.6 Å². The predicted molar refractivity (Wildman–Crippen MR) is 217 cm³/mol. The number of ketones is 1. The van der Waals surface area contributed by atoms with Crippen molar-refractivity contribution in [3.8, 4) is 0 Å². The van der Waals surface area contributed by atoms with Gasteiger partial charge in [0.05, 0.1) is 49.0 Å². The van der Waals surface area contributed by atoms with E-state index in [-0.39, 0.29) is 67.3 Å². The van der Waals surface area contributed by atoms with Gasteiger partial charge >= 0.3 is 0 Å². The van der Waals surface area contributed by atoms with E-state index in [1.54, 1.807) is 19.9 Å². The second-order valence-corrected chi connectivity index (χ2v) is 17.0. The number of unbranched alkanes of at least 4 members (excludes halogenated alkanes) is 2. The maximum Gasteiger partial charge on any atom is 0.225 e. The Hall–Kier alpha value is -2.80. The first-order chi connectivity index (χ1) is 26.7. The van der Waals surface area contributed by atoms with Gasteiger partial charge in [-0.3, -0.25) is 14.4 Å². The topological polar surface area (TPSA) is 192 Å². The Bertz CT molecular complexity index is 1330. The summed E-state index contributed by atoms with van der Waals surface area (Å²) in [7, 11) is 0. The summed E-state index contributed by atoms with van der Waals surface area (Å²) >= 11 is 0. The van der Waals surface area contributed by atoms with Gasteiger partial charge in [0.25, 0.3) is 0 Å². The standard InChI is InChI=1S/C43H73N5O8/c1-29(25-32(4)34(6)49)16-18-36-14-11-21-43(55-36)22-20-31(3)39(56-43)15-12-23-45-42(53)33(5)38(51)28-46-41(52)27-40-30(2)17-19-37(54-40)26-35(50)13-9-7-8-10-24-47-48-44/h9,13,25,29-31,33-34,36-40,49,51H,7-8,10-12,14-24,26-28H2,1-6H3,(H,45,53)(H,46,52)/t29-,30?,31?,33-,34-,36-,37-,38-,39+,40?,43-/m0/s1. The van der Waals surface area contributed by atoms with Crippen molar-refractivity contribution in [2.75, 3.05) is 19.6 Å². The molecule has 13 heteroatoms. The summed E-state index contributed by atoms with van der Waals surface area (Å²) in [5, 5.41) is 29.8. The lowest BCUT2D eigenvalue weighted by Crippen LogP contribution is -2.50. The second-order valence-electron chi connectivity index (χ2n) is 17.0. The molecule has 3 fully saturated rings. The molecule has 0 aliphatic carbocycles. The Morgan fingerprint density at radius 2 is 1.70 bits per heavy atom. The number of aliphatic hydroxyl groups excluding tert-OH is 2. The molecule has 3 saturated heterocycles. The molecule has 4 N–H and O–H groups in total. The van der Waals surface area contributed by atoms with Crippen LogP contribution in [0.25, 0.3) is 10.4 Å². The van der Waals surface area contributed by atoms with Crippen molar-refractivity contribution in [1.29, 1.82) is 0 Å². The Labute approximate surface area is 335 Å². The molecule has 1 spiro atoms. The number of carbonyl (C=O) groups is 3. The summed E-state index contributed by atoms with van der Waals surface area (Å²) in [6.45, 7) is 12.8. The summed E-state index contributed by atoms with van der Waals surface area (Å²) in [6.07, 6.45) is 16.6. The lowest BCUT2D eigenvalue weighted by atomic mass is 9.85. The minimum absolute atomic E-state index is 0.0123. The molecule has 3 heterocycles. The Morgan fingerprint density at radius 1 is 0.929 bits per heavy atom. The first-order valence-corrected chi connectivity index (χ1v) is 21.5. The highest BCUT2D eigenvalue weighted by Crippen LogP contribution is 2.43. The van der Waals surface area contributed by atoms with Gasteiger partial charge in [-0.25, -0.2) is 0 Å². The number of aliphatic hydroxyl groups is 2. The van der Waals surface area contributed by atoms with E-state index in [0.29, 0.717) is 24.9 Å². The molecular weight excluding hydrogens is 714 g/mol. The molecule has 0 aromatic carbocycles. The summed E-state index contributed by atoms with van der Waals surface area (Å²) in [4.78, 5) is 41.0.